The van der Waals surface area contributed by atoms with Crippen LogP contribution < -0.4 is 5.32 Å². The van der Waals surface area contributed by atoms with E-state index in [0.29, 0.717) is 21.9 Å². The Bertz CT molecular complexity index is 1770. The highest BCUT2D eigenvalue weighted by molar-refractivity contribution is 8.72. The lowest BCUT2D eigenvalue weighted by Crippen LogP contribution is -2.73. The molecule has 242 valence electrons. The Kier molecular flexibility index (Phi) is 11.0. The van der Waals surface area contributed by atoms with E-state index in [-0.39, 0.29) is 23.0 Å². The van der Waals surface area contributed by atoms with Gasteiger partial charge in [0.25, 0.3) is 0 Å². The summed E-state index contributed by atoms with van der Waals surface area (Å²) in [7, 11) is -3.67. The monoisotopic (exact) mass is 690 g/mol. The molecule has 0 aliphatic carbocycles. The number of esters is 1. The van der Waals surface area contributed by atoms with Gasteiger partial charge in [-0.05, 0) is 34.4 Å². The van der Waals surface area contributed by atoms with E-state index in [2.05, 4.69) is 11.9 Å². The van der Waals surface area contributed by atoms with Crippen LogP contribution in [0.25, 0.3) is 0 Å². The number of carbonyl (C=O) groups is 3. The normalized spacial score (nSPS) is 16.6. The standard InChI is InChI=1S/C35H31ClN2O7S2/c1-24(22-36)30(34(40)45-31(26-16-8-3-9-17-26)27-18-10-4-11-19-27)38-32(39)29(37-35(41)44-23-25-14-6-2-7-15-25)33(38)46-47(42,43)28-20-12-5-13-21-28/h2-21,29-31,33H,1,22-23H2,(H,37,41). The fraction of sp³-hybridized carbons (Fsp3) is 0.171. The number of nitrogens with zero attached hydrogens (tertiary/aromatic N) is 1. The molecule has 0 aromatic heterocycles. The van der Waals surface area contributed by atoms with Crippen LogP contribution in [0, 0.1) is 0 Å². The van der Waals surface area contributed by atoms with Gasteiger partial charge < -0.3 is 19.7 Å². The van der Waals surface area contributed by atoms with Gasteiger partial charge in [0, 0.05) is 16.7 Å². The van der Waals surface area contributed by atoms with Crippen molar-refractivity contribution in [2.75, 3.05) is 5.88 Å². The average molecular weight is 691 g/mol. The molecular formula is C35H31ClN2O7S2. The minimum atomic E-state index is -4.09. The van der Waals surface area contributed by atoms with Crippen molar-refractivity contribution in [1.82, 2.24) is 10.2 Å². The van der Waals surface area contributed by atoms with Gasteiger partial charge in [0.15, 0.2) is 12.1 Å². The first-order valence-electron chi connectivity index (χ1n) is 14.5. The molecule has 3 atom stereocenters. The number of alkyl carbamates (subject to hydrolysis) is 1. The Labute approximate surface area is 281 Å². The molecule has 0 saturated carbocycles. The number of carbonyl (C=O) groups excluding carboxylic acids is 3. The lowest BCUT2D eigenvalue weighted by Gasteiger charge is -2.49. The second kappa shape index (κ2) is 15.3. The summed E-state index contributed by atoms with van der Waals surface area (Å²) in [6, 6.07) is 31.8. The van der Waals surface area contributed by atoms with E-state index in [0.717, 1.165) is 10.5 Å². The number of amides is 2. The summed E-state index contributed by atoms with van der Waals surface area (Å²) in [6.45, 7) is 3.85. The summed E-state index contributed by atoms with van der Waals surface area (Å²) in [6.07, 6.45) is -1.79. The lowest BCUT2D eigenvalue weighted by molar-refractivity contribution is -0.164. The van der Waals surface area contributed by atoms with Crippen molar-refractivity contribution in [3.8, 4) is 0 Å². The van der Waals surface area contributed by atoms with Crippen molar-refractivity contribution in [1.29, 1.82) is 0 Å². The highest BCUT2D eigenvalue weighted by Gasteiger charge is 2.56. The number of alkyl halides is 1. The summed E-state index contributed by atoms with van der Waals surface area (Å²) >= 11 is 6.17. The van der Waals surface area contributed by atoms with Gasteiger partial charge in [0.1, 0.15) is 18.0 Å². The first-order chi connectivity index (χ1) is 22.7. The predicted octanol–water partition coefficient (Wildman–Crippen LogP) is 6.07. The molecule has 1 saturated heterocycles. The number of halogens is 1. The zero-order valence-electron chi connectivity index (χ0n) is 25.0. The Balaban J connectivity index is 1.44. The molecule has 3 unspecified atom stereocenters. The quantitative estimate of drug-likeness (QED) is 0.0591. The third kappa shape index (κ3) is 8.05. The van der Waals surface area contributed by atoms with Gasteiger partial charge in [-0.1, -0.05) is 116 Å². The fourth-order valence-corrected chi connectivity index (χ4v) is 8.65. The highest BCUT2D eigenvalue weighted by atomic mass is 35.5. The third-order valence-electron chi connectivity index (χ3n) is 7.32. The minimum absolute atomic E-state index is 0.0155. The lowest BCUT2D eigenvalue weighted by atomic mass is 9.98. The van der Waals surface area contributed by atoms with E-state index in [9.17, 15) is 22.8 Å². The second-order valence-corrected chi connectivity index (χ2v) is 14.7. The van der Waals surface area contributed by atoms with Gasteiger partial charge in [-0.25, -0.2) is 18.0 Å². The van der Waals surface area contributed by atoms with Crippen molar-refractivity contribution in [2.45, 2.75) is 35.1 Å². The Hall–Kier alpha value is -4.58. The second-order valence-electron chi connectivity index (χ2n) is 10.5. The van der Waals surface area contributed by atoms with E-state index in [1.54, 1.807) is 66.7 Å². The Morgan fingerprint density at radius 3 is 1.89 bits per heavy atom. The number of likely N-dealkylation sites (tertiary alicyclic amines) is 1. The summed E-state index contributed by atoms with van der Waals surface area (Å²) in [5.41, 5.74) is 2.18. The van der Waals surface area contributed by atoms with Gasteiger partial charge in [-0.3, -0.25) is 4.79 Å². The van der Waals surface area contributed by atoms with Gasteiger partial charge in [-0.15, -0.1) is 11.6 Å². The molecule has 1 aliphatic heterocycles. The first-order valence-corrected chi connectivity index (χ1v) is 17.9. The smallest absolute Gasteiger partial charge is 0.408 e. The molecule has 1 fully saturated rings. The molecule has 0 radical (unpaired) electrons. The molecular weight excluding hydrogens is 660 g/mol. The van der Waals surface area contributed by atoms with E-state index in [1.165, 1.54) is 12.1 Å². The number of nitrogens with one attached hydrogen (secondary N) is 1. The summed E-state index contributed by atoms with van der Waals surface area (Å²) < 4.78 is 38.4. The van der Waals surface area contributed by atoms with Crippen LogP contribution in [0.1, 0.15) is 22.8 Å². The van der Waals surface area contributed by atoms with Gasteiger partial charge in [0.05, 0.1) is 4.90 Å². The SMILES string of the molecule is C=C(CCl)C(C(=O)OC(c1ccccc1)c1ccccc1)N1C(=O)C(NC(=O)OCc2ccccc2)C1SS(=O)(=O)c1ccccc1. The molecule has 2 amide bonds. The topological polar surface area (TPSA) is 119 Å². The number of ether oxygens (including phenoxy) is 2. The summed E-state index contributed by atoms with van der Waals surface area (Å²) in [4.78, 5) is 41.6. The van der Waals surface area contributed by atoms with E-state index in [4.69, 9.17) is 21.1 Å². The van der Waals surface area contributed by atoms with Crippen LogP contribution in [0.2, 0.25) is 0 Å². The maximum atomic E-state index is 14.0. The zero-order valence-corrected chi connectivity index (χ0v) is 27.4. The fourth-order valence-electron chi connectivity index (χ4n) is 4.97. The molecule has 1 aliphatic rings. The zero-order chi connectivity index (χ0) is 33.4. The average Bonchev–Trinajstić information content (AvgIpc) is 3.11. The van der Waals surface area contributed by atoms with Crippen LogP contribution in [0.3, 0.4) is 0 Å². The molecule has 12 heteroatoms. The molecule has 1 N–H and O–H groups in total. The van der Waals surface area contributed by atoms with Gasteiger partial charge in [-0.2, -0.15) is 0 Å². The molecule has 4 aromatic rings. The minimum Gasteiger partial charge on any atom is -0.451 e. The summed E-state index contributed by atoms with van der Waals surface area (Å²) in [5.74, 6) is -1.83. The molecule has 9 nitrogen and oxygen atoms in total. The first kappa shape index (κ1) is 33.8. The largest absolute Gasteiger partial charge is 0.451 e. The van der Waals surface area contributed by atoms with E-state index < -0.39 is 50.4 Å². The number of β-lactam (4-membered cyclic amide) rings is 1. The molecule has 4 aromatic carbocycles. The Morgan fingerprint density at radius 1 is 0.851 bits per heavy atom. The highest BCUT2D eigenvalue weighted by Crippen LogP contribution is 2.40. The van der Waals surface area contributed by atoms with Crippen LogP contribution in [0.15, 0.2) is 138 Å². The predicted molar refractivity (Wildman–Crippen MR) is 180 cm³/mol. The van der Waals surface area contributed by atoms with Crippen molar-refractivity contribution < 1.29 is 32.3 Å². The number of benzene rings is 4. The Morgan fingerprint density at radius 2 is 1.36 bits per heavy atom. The van der Waals surface area contributed by atoms with Crippen molar-refractivity contribution >= 4 is 49.2 Å². The maximum Gasteiger partial charge on any atom is 0.408 e. The van der Waals surface area contributed by atoms with Gasteiger partial charge in [0.2, 0.25) is 14.8 Å². The van der Waals surface area contributed by atoms with Crippen LogP contribution in [-0.4, -0.2) is 54.6 Å². The van der Waals surface area contributed by atoms with E-state index >= 15 is 0 Å². The molecule has 1 heterocycles. The molecule has 47 heavy (non-hydrogen) atoms. The summed E-state index contributed by atoms with van der Waals surface area (Å²) in [5, 5.41) is 1.22. The number of hydrogen-bond donors (Lipinski definition) is 1. The maximum absolute atomic E-state index is 14.0. The molecule has 0 bridgehead atoms. The number of hydrogen-bond acceptors (Lipinski definition) is 8. The van der Waals surface area contributed by atoms with Crippen LogP contribution >= 0.6 is 22.4 Å². The van der Waals surface area contributed by atoms with E-state index in [1.807, 2.05) is 42.5 Å². The molecule has 5 rings (SSSR count). The van der Waals surface area contributed by atoms with Crippen molar-refractivity contribution in [3.63, 3.8) is 0 Å². The third-order valence-corrected chi connectivity index (χ3v) is 11.4. The number of rotatable bonds is 13. The van der Waals surface area contributed by atoms with Crippen LogP contribution in [0.5, 0.6) is 0 Å². The van der Waals surface area contributed by atoms with Gasteiger partial charge >= 0.3 is 12.1 Å². The van der Waals surface area contributed by atoms with Crippen molar-refractivity contribution in [2.24, 2.45) is 0 Å². The molecule has 0 spiro atoms. The van der Waals surface area contributed by atoms with Crippen LogP contribution in [0.4, 0.5) is 4.79 Å². The van der Waals surface area contributed by atoms with Crippen LogP contribution in [-0.2, 0) is 34.5 Å². The van der Waals surface area contributed by atoms with Crippen molar-refractivity contribution in [3.05, 3.63) is 150 Å².